The highest BCUT2D eigenvalue weighted by Crippen LogP contribution is 2.18. The minimum absolute atomic E-state index is 0.145. The van der Waals surface area contributed by atoms with Gasteiger partial charge >= 0.3 is 0 Å². The van der Waals surface area contributed by atoms with Gasteiger partial charge in [0.2, 0.25) is 5.95 Å². The summed E-state index contributed by atoms with van der Waals surface area (Å²) in [5.74, 6) is 0.145. The van der Waals surface area contributed by atoms with Crippen molar-refractivity contribution in [2.75, 3.05) is 32.0 Å². The van der Waals surface area contributed by atoms with Gasteiger partial charge in [-0.05, 0) is 24.1 Å². The Bertz CT molecular complexity index is 697. The van der Waals surface area contributed by atoms with E-state index in [0.29, 0.717) is 10.9 Å². The number of nitrogens with two attached hydrogens (primary N) is 1. The van der Waals surface area contributed by atoms with Crippen LogP contribution in [-0.4, -0.2) is 46.1 Å². The molecule has 1 atom stereocenters. The number of hydrogen-bond donors (Lipinski definition) is 2. The van der Waals surface area contributed by atoms with Gasteiger partial charge in [0.1, 0.15) is 0 Å². The number of rotatable bonds is 3. The van der Waals surface area contributed by atoms with Gasteiger partial charge in [0, 0.05) is 13.1 Å². The molecule has 0 saturated carbocycles. The van der Waals surface area contributed by atoms with Crippen LogP contribution in [0.5, 0.6) is 0 Å². The fraction of sp³-hybridized carbons (Fsp3) is 0.429. The smallest absolute Gasteiger partial charge is 0.260 e. The molecule has 3 rings (SSSR count). The van der Waals surface area contributed by atoms with Crippen LogP contribution in [0.2, 0.25) is 0 Å². The first-order valence-corrected chi connectivity index (χ1v) is 7.79. The molecule has 3 N–H and O–H groups in total. The van der Waals surface area contributed by atoms with Gasteiger partial charge in [-0.1, -0.05) is 22.0 Å². The first-order valence-electron chi connectivity index (χ1n) is 6.88. The van der Waals surface area contributed by atoms with Crippen LogP contribution >= 0.6 is 15.9 Å². The van der Waals surface area contributed by atoms with E-state index in [-0.39, 0.29) is 16.5 Å². The molecular weight excluding hydrogens is 336 g/mol. The second-order valence-electron chi connectivity index (χ2n) is 5.09. The molecule has 112 valence electrons. The summed E-state index contributed by atoms with van der Waals surface area (Å²) >= 11 is 3.72. The number of H-pyrrole nitrogens is 1. The second-order valence-corrected chi connectivity index (χ2v) is 6.15. The Balaban J connectivity index is 1.82. The van der Waals surface area contributed by atoms with E-state index < -0.39 is 0 Å². The van der Waals surface area contributed by atoms with Gasteiger partial charge in [0.15, 0.2) is 0 Å². The van der Waals surface area contributed by atoms with Crippen LogP contribution in [0, 0.1) is 0 Å². The zero-order chi connectivity index (χ0) is 14.8. The number of nitrogen functional groups attached to an aromatic ring is 1. The summed E-state index contributed by atoms with van der Waals surface area (Å²) < 4.78 is 5.36. The minimum Gasteiger partial charge on any atom is -0.379 e. The maximum absolute atomic E-state index is 11.9. The fourth-order valence-electron chi connectivity index (χ4n) is 2.51. The van der Waals surface area contributed by atoms with Crippen LogP contribution in [0.25, 0.3) is 10.9 Å². The number of anilines is 1. The third kappa shape index (κ3) is 3.25. The fourth-order valence-corrected chi connectivity index (χ4v) is 3.30. The van der Waals surface area contributed by atoms with E-state index in [9.17, 15) is 4.79 Å². The molecule has 0 spiro atoms. The van der Waals surface area contributed by atoms with Gasteiger partial charge in [-0.25, -0.2) is 4.98 Å². The molecule has 7 heteroatoms. The SMILES string of the molecule is Nc1nc2ccc(CC(Br)N3CCOCC3)cc2c(=O)[nH]1. The average Bonchev–Trinajstić information content (AvgIpc) is 2.48. The lowest BCUT2D eigenvalue weighted by Gasteiger charge is -2.31. The molecule has 2 aromatic rings. The molecule has 0 bridgehead atoms. The molecule has 0 radical (unpaired) electrons. The number of benzene rings is 1. The quantitative estimate of drug-likeness (QED) is 0.638. The van der Waals surface area contributed by atoms with Crippen molar-refractivity contribution in [2.24, 2.45) is 0 Å². The largest absolute Gasteiger partial charge is 0.379 e. The number of alkyl halides is 1. The van der Waals surface area contributed by atoms with Gasteiger partial charge in [-0.15, -0.1) is 0 Å². The van der Waals surface area contributed by atoms with E-state index in [1.54, 1.807) is 0 Å². The van der Waals surface area contributed by atoms with Crippen molar-refractivity contribution in [1.82, 2.24) is 14.9 Å². The van der Waals surface area contributed by atoms with Crippen LogP contribution in [0.1, 0.15) is 5.56 Å². The zero-order valence-electron chi connectivity index (χ0n) is 11.5. The molecule has 0 aliphatic carbocycles. The van der Waals surface area contributed by atoms with E-state index in [1.807, 2.05) is 18.2 Å². The van der Waals surface area contributed by atoms with Gasteiger partial charge in [0.05, 0.1) is 29.1 Å². The molecule has 1 fully saturated rings. The molecule has 21 heavy (non-hydrogen) atoms. The average molecular weight is 353 g/mol. The Labute approximate surface area is 130 Å². The molecule has 1 aliphatic heterocycles. The molecule has 1 saturated heterocycles. The highest BCUT2D eigenvalue weighted by atomic mass is 79.9. The summed E-state index contributed by atoms with van der Waals surface area (Å²) in [6.45, 7) is 3.37. The summed E-state index contributed by atoms with van der Waals surface area (Å²) in [6, 6.07) is 5.72. The maximum atomic E-state index is 11.9. The summed E-state index contributed by atoms with van der Waals surface area (Å²) in [5, 5.41) is 0.573. The predicted molar refractivity (Wildman–Crippen MR) is 85.6 cm³/mol. The van der Waals surface area contributed by atoms with Crippen molar-refractivity contribution in [3.05, 3.63) is 34.1 Å². The highest BCUT2D eigenvalue weighted by molar-refractivity contribution is 9.09. The van der Waals surface area contributed by atoms with E-state index in [0.717, 1.165) is 38.3 Å². The van der Waals surface area contributed by atoms with Crippen molar-refractivity contribution in [1.29, 1.82) is 0 Å². The van der Waals surface area contributed by atoms with Crippen molar-refractivity contribution < 1.29 is 4.74 Å². The van der Waals surface area contributed by atoms with Crippen LogP contribution in [0.3, 0.4) is 0 Å². The second kappa shape index (κ2) is 6.13. The van der Waals surface area contributed by atoms with E-state index >= 15 is 0 Å². The topological polar surface area (TPSA) is 84.2 Å². The van der Waals surface area contributed by atoms with Crippen molar-refractivity contribution >= 4 is 32.8 Å². The monoisotopic (exact) mass is 352 g/mol. The molecule has 2 heterocycles. The van der Waals surface area contributed by atoms with Crippen LogP contribution < -0.4 is 11.3 Å². The lowest BCUT2D eigenvalue weighted by molar-refractivity contribution is 0.0337. The van der Waals surface area contributed by atoms with Crippen LogP contribution in [0.15, 0.2) is 23.0 Å². The number of nitrogens with one attached hydrogen (secondary N) is 1. The number of fused-ring (bicyclic) bond motifs is 1. The summed E-state index contributed by atoms with van der Waals surface area (Å²) in [6.07, 6.45) is 0.819. The summed E-state index contributed by atoms with van der Waals surface area (Å²) in [4.78, 5) is 21.2. The first kappa shape index (κ1) is 14.5. The predicted octanol–water partition coefficient (Wildman–Crippen LogP) is 1.10. The van der Waals surface area contributed by atoms with E-state index in [2.05, 4.69) is 30.8 Å². The van der Waals surface area contributed by atoms with Crippen molar-refractivity contribution in [2.45, 2.75) is 11.4 Å². The normalized spacial score (nSPS) is 18.0. The number of halogens is 1. The Hall–Kier alpha value is -1.44. The maximum Gasteiger partial charge on any atom is 0.260 e. The number of aromatic amines is 1. The lowest BCUT2D eigenvalue weighted by atomic mass is 10.1. The van der Waals surface area contributed by atoms with Gasteiger partial charge in [-0.3, -0.25) is 14.7 Å². The molecule has 1 unspecified atom stereocenters. The molecular formula is C14H17BrN4O2. The van der Waals surface area contributed by atoms with E-state index in [1.165, 1.54) is 0 Å². The molecule has 1 aliphatic rings. The number of ether oxygens (including phenoxy) is 1. The molecule has 1 aromatic carbocycles. The van der Waals surface area contributed by atoms with Crippen LogP contribution in [-0.2, 0) is 11.2 Å². The number of hydrogen-bond acceptors (Lipinski definition) is 5. The molecule has 1 aromatic heterocycles. The summed E-state index contributed by atoms with van der Waals surface area (Å²) in [7, 11) is 0. The van der Waals surface area contributed by atoms with Gasteiger partial charge < -0.3 is 10.5 Å². The Morgan fingerprint density at radius 3 is 2.95 bits per heavy atom. The van der Waals surface area contributed by atoms with Crippen LogP contribution in [0.4, 0.5) is 5.95 Å². The number of nitrogens with zero attached hydrogens (tertiary/aromatic N) is 2. The molecule has 0 amide bonds. The Kier molecular flexibility index (Phi) is 4.23. The zero-order valence-corrected chi connectivity index (χ0v) is 13.1. The highest BCUT2D eigenvalue weighted by Gasteiger charge is 2.18. The number of aromatic nitrogens is 2. The minimum atomic E-state index is -0.197. The Morgan fingerprint density at radius 2 is 2.19 bits per heavy atom. The van der Waals surface area contributed by atoms with Crippen molar-refractivity contribution in [3.63, 3.8) is 0 Å². The first-order chi connectivity index (χ1) is 10.1. The summed E-state index contributed by atoms with van der Waals surface area (Å²) in [5.41, 5.74) is 7.06. The Morgan fingerprint density at radius 1 is 1.43 bits per heavy atom. The molecule has 6 nitrogen and oxygen atoms in total. The number of morpholine rings is 1. The standard InChI is InChI=1S/C14H17BrN4O2/c15-12(19-3-5-21-6-4-19)8-9-1-2-11-10(7-9)13(20)18-14(16)17-11/h1-2,7,12H,3-6,8H2,(H3,16,17,18,20). The third-order valence-corrected chi connectivity index (χ3v) is 4.54. The lowest BCUT2D eigenvalue weighted by Crippen LogP contribution is -2.41. The third-order valence-electron chi connectivity index (χ3n) is 3.63. The van der Waals surface area contributed by atoms with Crippen molar-refractivity contribution in [3.8, 4) is 0 Å². The van der Waals surface area contributed by atoms with Gasteiger partial charge in [-0.2, -0.15) is 0 Å². The van der Waals surface area contributed by atoms with E-state index in [4.69, 9.17) is 10.5 Å². The van der Waals surface area contributed by atoms with Gasteiger partial charge in [0.25, 0.3) is 5.56 Å².